The third-order valence-electron chi connectivity index (χ3n) is 15.8. The number of aliphatic hydroxyl groups excluding tert-OH is 1. The third-order valence-corrected chi connectivity index (χ3v) is 17.7. The predicted molar refractivity (Wildman–Crippen MR) is 417 cm³/mol. The standard InChI is InChI=1S/C83H138O17P2/c1-5-9-13-17-21-25-29-33-36-37-38-39-42-45-48-52-56-60-64-68-81(86)94-74-79(100-83(88)70-66-62-58-54-50-46-41-35-31-27-23-19-15-11-7-3)76-98-102(91,92)96-72-77(84)71-95-101(89,90)97-75-78(99-82(87)69-65-61-57-53-49-43-32-28-24-20-16-12-8-4)73-93-80(85)67-63-59-55-51-47-44-40-34-30-26-22-18-14-10-6-2/h9,13,16,20-23,25-28,32-36,38-41,45,48,56,60,77-79,84H,5-8,10-12,14-15,17-19,24,29-31,37,42-44,46-47,49-55,57-59,61-76H2,1-4H3,(H,89,90)(H,91,92)/b13-9-,20-16-,25-21-,26-22-,27-23-,32-28-,36-33-,39-38-,40-34-,41-35-,48-45-,60-56-. The van der Waals surface area contributed by atoms with Crippen molar-refractivity contribution in [2.45, 2.75) is 316 Å². The number of rotatable bonds is 72. The highest BCUT2D eigenvalue weighted by Crippen LogP contribution is 2.45. The number of phosphoric acid groups is 2. The number of esters is 4. The first-order valence-corrected chi connectivity index (χ1v) is 42.1. The van der Waals surface area contributed by atoms with Gasteiger partial charge >= 0.3 is 39.5 Å². The zero-order valence-electron chi connectivity index (χ0n) is 63.5. The van der Waals surface area contributed by atoms with Gasteiger partial charge in [0.15, 0.2) is 12.2 Å². The van der Waals surface area contributed by atoms with E-state index in [1.54, 1.807) is 0 Å². The lowest BCUT2D eigenvalue weighted by Gasteiger charge is -2.21. The summed E-state index contributed by atoms with van der Waals surface area (Å²) in [5.41, 5.74) is 0. The quantitative estimate of drug-likeness (QED) is 0.0169. The lowest BCUT2D eigenvalue weighted by molar-refractivity contribution is -0.161. The molecular formula is C83H138O17P2. The summed E-state index contributed by atoms with van der Waals surface area (Å²) in [5.74, 6) is -2.32. The molecule has 19 heteroatoms. The molecule has 0 aliphatic carbocycles. The van der Waals surface area contributed by atoms with Crippen LogP contribution >= 0.6 is 15.6 Å². The second-order valence-corrected chi connectivity index (χ2v) is 28.5. The molecule has 0 heterocycles. The van der Waals surface area contributed by atoms with Crippen molar-refractivity contribution in [3.63, 3.8) is 0 Å². The SMILES string of the molecule is CC/C=C\C/C=C\C/C=C\C/C=C\C/C=C\C/C=C\CCC(=O)OCC(COP(=O)(O)OCC(O)COP(=O)(O)OCC(COC(=O)CCCCCCC/C=C\C/C=C\CCCCC)OC(=O)CCCCCCC/C=C\C/C=C\CCC)OC(=O)CCCCCCC/C=C\C/C=C\CCCCC. The highest BCUT2D eigenvalue weighted by Gasteiger charge is 2.30. The first-order chi connectivity index (χ1) is 49.7. The molecule has 3 N–H and O–H groups in total. The minimum atomic E-state index is -5.00. The summed E-state index contributed by atoms with van der Waals surface area (Å²) in [5, 5.41) is 10.6. The van der Waals surface area contributed by atoms with Gasteiger partial charge in [0.2, 0.25) is 0 Å². The molecule has 0 radical (unpaired) electrons. The van der Waals surface area contributed by atoms with Crippen LogP contribution in [-0.4, -0.2) is 96.7 Å². The lowest BCUT2D eigenvalue weighted by atomic mass is 10.1. The maximum Gasteiger partial charge on any atom is 0.472 e. The molecule has 0 aromatic heterocycles. The van der Waals surface area contributed by atoms with Gasteiger partial charge < -0.3 is 33.8 Å². The largest absolute Gasteiger partial charge is 0.472 e. The lowest BCUT2D eigenvalue weighted by Crippen LogP contribution is -2.30. The molecule has 0 saturated heterocycles. The van der Waals surface area contributed by atoms with Crippen LogP contribution in [-0.2, 0) is 65.4 Å². The Balaban J connectivity index is 5.45. The summed E-state index contributed by atoms with van der Waals surface area (Å²) in [4.78, 5) is 72.9. The predicted octanol–water partition coefficient (Wildman–Crippen LogP) is 22.7. The number of carbonyl (C=O) groups excluding carboxylic acids is 4. The van der Waals surface area contributed by atoms with Crippen LogP contribution in [0.1, 0.15) is 297 Å². The molecule has 0 aromatic rings. The maximum absolute atomic E-state index is 13.1. The van der Waals surface area contributed by atoms with Crippen LogP contribution < -0.4 is 0 Å². The molecule has 582 valence electrons. The monoisotopic (exact) mass is 1470 g/mol. The summed E-state index contributed by atoms with van der Waals surface area (Å²) < 4.78 is 68.4. The second kappa shape index (κ2) is 74.2. The van der Waals surface area contributed by atoms with E-state index in [-0.39, 0.29) is 25.7 Å². The Morgan fingerprint density at radius 1 is 0.284 bits per heavy atom. The molecule has 0 aliphatic rings. The fourth-order valence-electron chi connectivity index (χ4n) is 9.81. The van der Waals surface area contributed by atoms with E-state index in [0.717, 1.165) is 173 Å². The molecule has 0 spiro atoms. The normalized spacial score (nSPS) is 14.7. The molecule has 0 aliphatic heterocycles. The molecule has 0 saturated carbocycles. The fraction of sp³-hybridized carbons (Fsp3) is 0.663. The molecule has 0 rings (SSSR count). The van der Waals surface area contributed by atoms with E-state index in [2.05, 4.69) is 155 Å². The number of phosphoric ester groups is 2. The topological polar surface area (TPSA) is 237 Å². The van der Waals surface area contributed by atoms with Crippen LogP contribution in [0.25, 0.3) is 0 Å². The van der Waals surface area contributed by atoms with Gasteiger partial charge in [-0.3, -0.25) is 37.3 Å². The number of aliphatic hydroxyl groups is 1. The van der Waals surface area contributed by atoms with Crippen molar-refractivity contribution in [1.82, 2.24) is 0 Å². The molecule has 5 atom stereocenters. The minimum absolute atomic E-state index is 0.0288. The van der Waals surface area contributed by atoms with E-state index >= 15 is 0 Å². The fourth-order valence-corrected chi connectivity index (χ4v) is 11.4. The third kappa shape index (κ3) is 73.3. The summed E-state index contributed by atoms with van der Waals surface area (Å²) in [6.07, 6.45) is 84.2. The summed E-state index contributed by atoms with van der Waals surface area (Å²) in [6, 6.07) is 0. The van der Waals surface area contributed by atoms with E-state index in [0.29, 0.717) is 32.1 Å². The average molecular weight is 1470 g/mol. The summed E-state index contributed by atoms with van der Waals surface area (Å²) in [7, 11) is -9.99. The van der Waals surface area contributed by atoms with E-state index < -0.39 is 97.5 Å². The first kappa shape index (κ1) is 96.9. The van der Waals surface area contributed by atoms with E-state index in [4.69, 9.17) is 37.0 Å². The number of carbonyl (C=O) groups is 4. The molecule has 5 unspecified atom stereocenters. The average Bonchev–Trinajstić information content (AvgIpc) is 0.924. The van der Waals surface area contributed by atoms with Crippen LogP contribution in [0, 0.1) is 0 Å². The van der Waals surface area contributed by atoms with Crippen LogP contribution in [0.3, 0.4) is 0 Å². The first-order valence-electron chi connectivity index (χ1n) is 39.1. The molecule has 0 amide bonds. The second-order valence-electron chi connectivity index (χ2n) is 25.6. The number of ether oxygens (including phenoxy) is 4. The number of unbranched alkanes of at least 4 members (excludes halogenated alkanes) is 22. The van der Waals surface area contributed by atoms with Crippen LogP contribution in [0.15, 0.2) is 146 Å². The minimum Gasteiger partial charge on any atom is -0.462 e. The smallest absolute Gasteiger partial charge is 0.462 e. The van der Waals surface area contributed by atoms with E-state index in [1.807, 2.05) is 18.2 Å². The molecule has 17 nitrogen and oxygen atoms in total. The van der Waals surface area contributed by atoms with Gasteiger partial charge in [0.25, 0.3) is 0 Å². The molecule has 102 heavy (non-hydrogen) atoms. The molecule has 0 aromatic carbocycles. The Labute approximate surface area is 617 Å². The Kier molecular flexibility index (Phi) is 70.5. The van der Waals surface area contributed by atoms with Crippen molar-refractivity contribution in [1.29, 1.82) is 0 Å². The zero-order chi connectivity index (χ0) is 74.6. The Bertz CT molecular complexity index is 2510. The molecular weight excluding hydrogens is 1330 g/mol. The van der Waals surface area contributed by atoms with Gasteiger partial charge in [-0.2, -0.15) is 0 Å². The number of hydrogen-bond donors (Lipinski definition) is 3. The van der Waals surface area contributed by atoms with E-state index in [9.17, 15) is 43.2 Å². The van der Waals surface area contributed by atoms with Crippen molar-refractivity contribution in [3.8, 4) is 0 Å². The van der Waals surface area contributed by atoms with Gasteiger partial charge in [-0.15, -0.1) is 0 Å². The van der Waals surface area contributed by atoms with Gasteiger partial charge in [-0.05, 0) is 154 Å². The van der Waals surface area contributed by atoms with Crippen LogP contribution in [0.2, 0.25) is 0 Å². The maximum atomic E-state index is 13.1. The van der Waals surface area contributed by atoms with E-state index in [1.165, 1.54) is 38.5 Å². The number of allylic oxidation sites excluding steroid dienone is 24. The van der Waals surface area contributed by atoms with Gasteiger partial charge in [0, 0.05) is 25.7 Å². The van der Waals surface area contributed by atoms with Gasteiger partial charge in [0.1, 0.15) is 19.3 Å². The van der Waals surface area contributed by atoms with Crippen molar-refractivity contribution in [2.24, 2.45) is 0 Å². The molecule has 0 fully saturated rings. The van der Waals surface area contributed by atoms with Crippen LogP contribution in [0.5, 0.6) is 0 Å². The highest BCUT2D eigenvalue weighted by molar-refractivity contribution is 7.47. The summed E-state index contributed by atoms with van der Waals surface area (Å²) in [6.45, 7) is 4.50. The Morgan fingerprint density at radius 3 is 0.882 bits per heavy atom. The van der Waals surface area contributed by atoms with Crippen molar-refractivity contribution >= 4 is 39.5 Å². The number of hydrogen-bond acceptors (Lipinski definition) is 15. The van der Waals surface area contributed by atoms with Crippen molar-refractivity contribution < 1.29 is 80.2 Å². The van der Waals surface area contributed by atoms with Crippen molar-refractivity contribution in [2.75, 3.05) is 39.6 Å². The molecule has 0 bridgehead atoms. The van der Waals surface area contributed by atoms with Crippen molar-refractivity contribution in [3.05, 3.63) is 146 Å². The Hall–Kier alpha value is -5.06. The summed E-state index contributed by atoms with van der Waals surface area (Å²) >= 11 is 0. The zero-order valence-corrected chi connectivity index (χ0v) is 65.3. The van der Waals surface area contributed by atoms with Gasteiger partial charge in [0.05, 0.1) is 26.4 Å². The Morgan fingerprint density at radius 2 is 0.549 bits per heavy atom. The van der Waals surface area contributed by atoms with Gasteiger partial charge in [-0.1, -0.05) is 263 Å². The van der Waals surface area contributed by atoms with Crippen LogP contribution in [0.4, 0.5) is 0 Å². The van der Waals surface area contributed by atoms with Gasteiger partial charge in [-0.25, -0.2) is 9.13 Å². The highest BCUT2D eigenvalue weighted by atomic mass is 31.2.